The van der Waals surface area contributed by atoms with Crippen LogP contribution in [0.15, 0.2) is 24.8 Å². The van der Waals surface area contributed by atoms with E-state index in [-0.39, 0.29) is 0 Å². The van der Waals surface area contributed by atoms with Crippen LogP contribution in [0.25, 0.3) is 0 Å². The number of hydrogen-bond donors (Lipinski definition) is 0. The van der Waals surface area contributed by atoms with Crippen LogP contribution < -0.4 is 0 Å². The first-order chi connectivity index (χ1) is 7.56. The van der Waals surface area contributed by atoms with Crippen molar-refractivity contribution in [2.24, 2.45) is 17.8 Å². The SMILES string of the molecule is C=CC=CCC(C)CCCC(C)CC(C)C. The van der Waals surface area contributed by atoms with Crippen molar-refractivity contribution in [3.63, 3.8) is 0 Å². The zero-order valence-corrected chi connectivity index (χ0v) is 11.7. The summed E-state index contributed by atoms with van der Waals surface area (Å²) in [6.07, 6.45) is 12.9. The van der Waals surface area contributed by atoms with Crippen LogP contribution in [0.2, 0.25) is 0 Å². The molecule has 0 amide bonds. The van der Waals surface area contributed by atoms with Gasteiger partial charge in [0.25, 0.3) is 0 Å². The maximum absolute atomic E-state index is 3.68. The highest BCUT2D eigenvalue weighted by atomic mass is 14.1. The van der Waals surface area contributed by atoms with Gasteiger partial charge < -0.3 is 0 Å². The molecule has 0 saturated heterocycles. The Morgan fingerprint density at radius 3 is 2.19 bits per heavy atom. The molecule has 94 valence electrons. The quantitative estimate of drug-likeness (QED) is 0.445. The van der Waals surface area contributed by atoms with Gasteiger partial charge in [0.15, 0.2) is 0 Å². The number of allylic oxidation sites excluding steroid dienone is 3. The Morgan fingerprint density at radius 2 is 1.62 bits per heavy atom. The molecule has 0 aromatic carbocycles. The van der Waals surface area contributed by atoms with E-state index in [0.717, 1.165) is 17.8 Å². The Morgan fingerprint density at radius 1 is 1.00 bits per heavy atom. The van der Waals surface area contributed by atoms with Crippen molar-refractivity contribution in [3.05, 3.63) is 24.8 Å². The van der Waals surface area contributed by atoms with Gasteiger partial charge in [0.05, 0.1) is 0 Å². The Labute approximate surface area is 103 Å². The summed E-state index contributed by atoms with van der Waals surface area (Å²) in [5.74, 6) is 2.57. The predicted molar refractivity (Wildman–Crippen MR) is 75.6 cm³/mol. The topological polar surface area (TPSA) is 0 Å². The smallest absolute Gasteiger partial charge is 0.0322 e. The van der Waals surface area contributed by atoms with Crippen molar-refractivity contribution in [2.75, 3.05) is 0 Å². The molecule has 0 aliphatic heterocycles. The number of hydrogen-bond acceptors (Lipinski definition) is 0. The summed E-state index contributed by atoms with van der Waals surface area (Å²) >= 11 is 0. The molecule has 0 nitrogen and oxygen atoms in total. The second-order valence-electron chi connectivity index (χ2n) is 5.67. The second kappa shape index (κ2) is 9.69. The van der Waals surface area contributed by atoms with Crippen LogP contribution in [0.5, 0.6) is 0 Å². The van der Waals surface area contributed by atoms with Crippen molar-refractivity contribution >= 4 is 0 Å². The molecule has 2 atom stereocenters. The van der Waals surface area contributed by atoms with Crippen molar-refractivity contribution < 1.29 is 0 Å². The minimum atomic E-state index is 0.822. The average molecular weight is 222 g/mol. The van der Waals surface area contributed by atoms with E-state index in [9.17, 15) is 0 Å². The van der Waals surface area contributed by atoms with Gasteiger partial charge in [-0.3, -0.25) is 0 Å². The average Bonchev–Trinajstić information content (AvgIpc) is 2.17. The molecule has 0 heterocycles. The van der Waals surface area contributed by atoms with Gasteiger partial charge in [-0.25, -0.2) is 0 Å². The van der Waals surface area contributed by atoms with Gasteiger partial charge in [-0.1, -0.05) is 71.8 Å². The molecule has 0 fully saturated rings. The van der Waals surface area contributed by atoms with Crippen molar-refractivity contribution in [2.45, 2.75) is 59.8 Å². The summed E-state index contributed by atoms with van der Waals surface area (Å²) in [6.45, 7) is 13.1. The van der Waals surface area contributed by atoms with E-state index in [1.165, 1.54) is 32.1 Å². The van der Waals surface area contributed by atoms with E-state index < -0.39 is 0 Å². The summed E-state index contributed by atoms with van der Waals surface area (Å²) in [5.41, 5.74) is 0. The highest BCUT2D eigenvalue weighted by Crippen LogP contribution is 2.20. The van der Waals surface area contributed by atoms with Gasteiger partial charge in [-0.2, -0.15) is 0 Å². The van der Waals surface area contributed by atoms with E-state index in [1.54, 1.807) is 0 Å². The lowest BCUT2D eigenvalue weighted by Gasteiger charge is -2.15. The summed E-state index contributed by atoms with van der Waals surface area (Å²) in [5, 5.41) is 0. The third-order valence-corrected chi connectivity index (χ3v) is 3.08. The predicted octanol–water partition coefficient (Wildman–Crippen LogP) is 5.61. The lowest BCUT2D eigenvalue weighted by atomic mass is 9.91. The van der Waals surface area contributed by atoms with Gasteiger partial charge in [-0.15, -0.1) is 0 Å². The standard InChI is InChI=1S/C16H30/c1-6-7-8-10-15(4)11-9-12-16(5)13-14(2)3/h6-8,14-16H,1,9-13H2,2-5H3. The maximum atomic E-state index is 3.68. The Hall–Kier alpha value is -0.520. The van der Waals surface area contributed by atoms with E-state index in [2.05, 4.69) is 46.4 Å². The number of rotatable bonds is 9. The van der Waals surface area contributed by atoms with Crippen LogP contribution in [-0.2, 0) is 0 Å². The molecule has 0 heteroatoms. The molecule has 0 rings (SSSR count). The molecule has 0 bridgehead atoms. The summed E-state index contributed by atoms with van der Waals surface area (Å²) in [7, 11) is 0. The summed E-state index contributed by atoms with van der Waals surface area (Å²) in [6, 6.07) is 0. The Kier molecular flexibility index (Phi) is 9.37. The minimum Gasteiger partial charge on any atom is -0.0991 e. The van der Waals surface area contributed by atoms with E-state index in [1.807, 2.05) is 6.08 Å². The van der Waals surface area contributed by atoms with Gasteiger partial charge >= 0.3 is 0 Å². The Bertz CT molecular complexity index is 188. The van der Waals surface area contributed by atoms with E-state index in [4.69, 9.17) is 0 Å². The van der Waals surface area contributed by atoms with Gasteiger partial charge in [0, 0.05) is 0 Å². The molecule has 0 saturated carbocycles. The zero-order chi connectivity index (χ0) is 12.4. The molecule has 0 aliphatic carbocycles. The molecular weight excluding hydrogens is 192 g/mol. The molecule has 16 heavy (non-hydrogen) atoms. The summed E-state index contributed by atoms with van der Waals surface area (Å²) < 4.78 is 0. The molecule has 0 aliphatic rings. The monoisotopic (exact) mass is 222 g/mol. The van der Waals surface area contributed by atoms with Crippen LogP contribution >= 0.6 is 0 Å². The molecular formula is C16H30. The van der Waals surface area contributed by atoms with Gasteiger partial charge in [0.2, 0.25) is 0 Å². The molecule has 2 unspecified atom stereocenters. The van der Waals surface area contributed by atoms with Gasteiger partial charge in [-0.05, 0) is 30.6 Å². The fraction of sp³-hybridized carbons (Fsp3) is 0.750. The largest absolute Gasteiger partial charge is 0.0991 e. The van der Waals surface area contributed by atoms with E-state index >= 15 is 0 Å². The van der Waals surface area contributed by atoms with Crippen LogP contribution in [0.1, 0.15) is 59.8 Å². The molecule has 0 spiro atoms. The van der Waals surface area contributed by atoms with Crippen molar-refractivity contribution in [1.29, 1.82) is 0 Å². The first-order valence-electron chi connectivity index (χ1n) is 6.83. The van der Waals surface area contributed by atoms with Crippen molar-refractivity contribution in [1.82, 2.24) is 0 Å². The second-order valence-corrected chi connectivity index (χ2v) is 5.67. The first-order valence-corrected chi connectivity index (χ1v) is 6.83. The van der Waals surface area contributed by atoms with Gasteiger partial charge in [0.1, 0.15) is 0 Å². The van der Waals surface area contributed by atoms with Crippen LogP contribution in [-0.4, -0.2) is 0 Å². The summed E-state index contributed by atoms with van der Waals surface area (Å²) in [4.78, 5) is 0. The van der Waals surface area contributed by atoms with Crippen LogP contribution in [0.4, 0.5) is 0 Å². The van der Waals surface area contributed by atoms with E-state index in [0.29, 0.717) is 0 Å². The maximum Gasteiger partial charge on any atom is -0.0322 e. The molecule has 0 aromatic heterocycles. The van der Waals surface area contributed by atoms with Crippen LogP contribution in [0, 0.1) is 17.8 Å². The Balaban J connectivity index is 3.49. The molecule has 0 radical (unpaired) electrons. The minimum absolute atomic E-state index is 0.822. The van der Waals surface area contributed by atoms with Crippen molar-refractivity contribution in [3.8, 4) is 0 Å². The first kappa shape index (κ1) is 15.5. The lowest BCUT2D eigenvalue weighted by Crippen LogP contribution is -2.01. The normalized spacial score (nSPS) is 15.6. The molecule has 0 N–H and O–H groups in total. The fourth-order valence-electron chi connectivity index (χ4n) is 2.26. The zero-order valence-electron chi connectivity index (χ0n) is 11.7. The third-order valence-electron chi connectivity index (χ3n) is 3.08. The third kappa shape index (κ3) is 10.0. The fourth-order valence-corrected chi connectivity index (χ4v) is 2.26. The highest BCUT2D eigenvalue weighted by molar-refractivity contribution is 4.97. The highest BCUT2D eigenvalue weighted by Gasteiger charge is 2.06. The molecule has 0 aromatic rings. The van der Waals surface area contributed by atoms with Crippen LogP contribution in [0.3, 0.4) is 0 Å². The lowest BCUT2D eigenvalue weighted by molar-refractivity contribution is 0.383.